The molecule has 1 aliphatic rings. The minimum absolute atomic E-state index is 0.0214. The Morgan fingerprint density at radius 1 is 0.943 bits per heavy atom. The molecule has 2 aromatic carbocycles. The van der Waals surface area contributed by atoms with Gasteiger partial charge >= 0.3 is 0 Å². The number of aromatic nitrogens is 3. The lowest BCUT2D eigenvalue weighted by Crippen LogP contribution is -2.50. The second kappa shape index (κ2) is 10.2. The maximum atomic E-state index is 12.6. The van der Waals surface area contributed by atoms with Crippen LogP contribution in [0, 0.1) is 0 Å². The topological polar surface area (TPSA) is 97.5 Å². The fraction of sp³-hybridized carbons (Fsp3) is 0.250. The van der Waals surface area contributed by atoms with Crippen LogP contribution in [-0.2, 0) is 11.2 Å². The van der Waals surface area contributed by atoms with Gasteiger partial charge in [0.2, 0.25) is 5.95 Å². The van der Waals surface area contributed by atoms with E-state index in [9.17, 15) is 4.79 Å². The van der Waals surface area contributed by atoms with Gasteiger partial charge in [0.15, 0.2) is 17.3 Å². The van der Waals surface area contributed by atoms with E-state index in [0.717, 1.165) is 20.9 Å². The van der Waals surface area contributed by atoms with Gasteiger partial charge in [-0.3, -0.25) is 4.79 Å². The number of carbonyl (C=O) groups excluding carboxylic acids is 1. The Morgan fingerprint density at radius 3 is 2.29 bits per heavy atom. The number of rotatable bonds is 6. The Labute approximate surface area is 216 Å². The first kappa shape index (κ1) is 23.6. The van der Waals surface area contributed by atoms with Crippen molar-refractivity contribution in [3.63, 3.8) is 0 Å². The lowest BCUT2D eigenvalue weighted by atomic mass is 10.2. The van der Waals surface area contributed by atoms with E-state index >= 15 is 0 Å². The molecule has 0 spiro atoms. The van der Waals surface area contributed by atoms with Crippen molar-refractivity contribution in [2.24, 2.45) is 0 Å². The van der Waals surface area contributed by atoms with E-state index in [1.807, 2.05) is 24.3 Å². The number of ether oxygens (including phenoxy) is 1. The summed E-state index contributed by atoms with van der Waals surface area (Å²) in [6.07, 6.45) is 0.674. The molecule has 180 valence electrons. The van der Waals surface area contributed by atoms with Crippen molar-refractivity contribution in [3.8, 4) is 5.75 Å². The minimum Gasteiger partial charge on any atom is -0.484 e. The SMILES string of the molecule is Nc1nc(N2CCN(C(=O)COc3ccc(Cl)cc3)CC2)c2nc(Cc3ccc(Cl)cc3)sc2n1. The summed E-state index contributed by atoms with van der Waals surface area (Å²) in [6, 6.07) is 14.7. The molecule has 0 radical (unpaired) electrons. The van der Waals surface area contributed by atoms with E-state index in [0.29, 0.717) is 54.2 Å². The van der Waals surface area contributed by atoms with Gasteiger partial charge in [0.1, 0.15) is 11.3 Å². The third kappa shape index (κ3) is 5.58. The van der Waals surface area contributed by atoms with Crippen molar-refractivity contribution in [3.05, 3.63) is 69.1 Å². The number of nitrogen functional groups attached to an aromatic ring is 1. The van der Waals surface area contributed by atoms with Crippen LogP contribution in [0.25, 0.3) is 10.3 Å². The zero-order valence-electron chi connectivity index (χ0n) is 18.7. The van der Waals surface area contributed by atoms with Crippen molar-refractivity contribution >= 4 is 62.6 Å². The quantitative estimate of drug-likeness (QED) is 0.398. The zero-order valence-corrected chi connectivity index (χ0v) is 21.0. The first-order valence-electron chi connectivity index (χ1n) is 11.0. The number of benzene rings is 2. The van der Waals surface area contributed by atoms with Gasteiger partial charge in [-0.05, 0) is 42.0 Å². The van der Waals surface area contributed by atoms with Gasteiger partial charge < -0.3 is 20.3 Å². The normalized spacial score (nSPS) is 13.9. The molecule has 0 atom stereocenters. The van der Waals surface area contributed by atoms with Crippen molar-refractivity contribution in [1.29, 1.82) is 0 Å². The Morgan fingerprint density at radius 2 is 1.60 bits per heavy atom. The van der Waals surface area contributed by atoms with Crippen LogP contribution >= 0.6 is 34.5 Å². The molecule has 1 amide bonds. The highest BCUT2D eigenvalue weighted by Crippen LogP contribution is 2.30. The minimum atomic E-state index is -0.0640. The van der Waals surface area contributed by atoms with Crippen LogP contribution in [0.2, 0.25) is 10.0 Å². The van der Waals surface area contributed by atoms with Crippen LogP contribution < -0.4 is 15.4 Å². The second-order valence-corrected chi connectivity index (χ2v) is 10.0. The summed E-state index contributed by atoms with van der Waals surface area (Å²) in [4.78, 5) is 31.0. The predicted octanol–water partition coefficient (Wildman–Crippen LogP) is 4.29. The van der Waals surface area contributed by atoms with Gasteiger partial charge in [0, 0.05) is 42.6 Å². The molecule has 0 saturated carbocycles. The number of nitrogens with two attached hydrogens (primary N) is 1. The smallest absolute Gasteiger partial charge is 0.260 e. The number of carbonyl (C=O) groups is 1. The van der Waals surface area contributed by atoms with Gasteiger partial charge in [-0.1, -0.05) is 46.7 Å². The molecular formula is C24H22Cl2N6O2S. The van der Waals surface area contributed by atoms with Crippen molar-refractivity contribution in [1.82, 2.24) is 19.9 Å². The summed E-state index contributed by atoms with van der Waals surface area (Å²) >= 11 is 13.4. The molecule has 2 aromatic heterocycles. The lowest BCUT2D eigenvalue weighted by molar-refractivity contribution is -0.133. The number of piperazine rings is 1. The first-order chi connectivity index (χ1) is 16.9. The fourth-order valence-electron chi connectivity index (χ4n) is 3.87. The molecule has 0 aliphatic carbocycles. The maximum absolute atomic E-state index is 12.6. The molecule has 2 N–H and O–H groups in total. The van der Waals surface area contributed by atoms with Crippen molar-refractivity contribution in [2.75, 3.05) is 43.4 Å². The largest absolute Gasteiger partial charge is 0.484 e. The molecule has 4 aromatic rings. The number of halogens is 2. The van der Waals surface area contributed by atoms with E-state index in [1.165, 1.54) is 11.3 Å². The second-order valence-electron chi connectivity index (χ2n) is 8.08. The van der Waals surface area contributed by atoms with Crippen LogP contribution in [0.15, 0.2) is 48.5 Å². The predicted molar refractivity (Wildman–Crippen MR) is 140 cm³/mol. The molecule has 1 aliphatic heterocycles. The standard InChI is InChI=1S/C24H22Cl2N6O2S/c25-16-3-1-15(2-4-16)13-19-28-21-22(29-24(27)30-23(21)35-19)32-11-9-31(10-12-32)20(33)14-34-18-7-5-17(26)6-8-18/h1-8H,9-14H2,(H2,27,29,30). The Kier molecular flexibility index (Phi) is 6.90. The Balaban J connectivity index is 1.25. The third-order valence-electron chi connectivity index (χ3n) is 5.68. The summed E-state index contributed by atoms with van der Waals surface area (Å²) in [7, 11) is 0. The van der Waals surface area contributed by atoms with Crippen molar-refractivity contribution < 1.29 is 9.53 Å². The number of hydrogen-bond donors (Lipinski definition) is 1. The Bertz CT molecular complexity index is 1340. The molecule has 8 nitrogen and oxygen atoms in total. The van der Waals surface area contributed by atoms with E-state index in [-0.39, 0.29) is 18.5 Å². The molecular weight excluding hydrogens is 507 g/mol. The molecule has 1 fully saturated rings. The van der Waals surface area contributed by atoms with E-state index in [2.05, 4.69) is 14.9 Å². The highest BCUT2D eigenvalue weighted by molar-refractivity contribution is 7.18. The zero-order chi connectivity index (χ0) is 24.4. The van der Waals surface area contributed by atoms with Gasteiger partial charge in [-0.25, -0.2) is 9.97 Å². The molecule has 5 rings (SSSR count). The molecule has 0 unspecified atom stereocenters. The number of hydrogen-bond acceptors (Lipinski definition) is 8. The number of thiazole rings is 1. The highest BCUT2D eigenvalue weighted by atomic mass is 35.5. The van der Waals surface area contributed by atoms with Crippen LogP contribution in [-0.4, -0.2) is 58.5 Å². The van der Waals surface area contributed by atoms with Crippen LogP contribution in [0.4, 0.5) is 11.8 Å². The maximum Gasteiger partial charge on any atom is 0.260 e. The van der Waals surface area contributed by atoms with Crippen LogP contribution in [0.3, 0.4) is 0 Å². The summed E-state index contributed by atoms with van der Waals surface area (Å²) in [6.45, 7) is 2.31. The average Bonchev–Trinajstić information content (AvgIpc) is 3.26. The molecule has 1 saturated heterocycles. The number of nitrogens with zero attached hydrogens (tertiary/aromatic N) is 5. The molecule has 11 heteroatoms. The van der Waals surface area contributed by atoms with Crippen LogP contribution in [0.5, 0.6) is 5.75 Å². The summed E-state index contributed by atoms with van der Waals surface area (Å²) < 4.78 is 5.60. The van der Waals surface area contributed by atoms with E-state index < -0.39 is 0 Å². The van der Waals surface area contributed by atoms with Gasteiger partial charge in [0.05, 0.1) is 5.01 Å². The van der Waals surface area contributed by atoms with E-state index in [1.54, 1.807) is 29.2 Å². The van der Waals surface area contributed by atoms with Crippen molar-refractivity contribution in [2.45, 2.75) is 6.42 Å². The molecule has 0 bridgehead atoms. The number of anilines is 2. The average molecular weight is 529 g/mol. The van der Waals surface area contributed by atoms with E-state index in [4.69, 9.17) is 38.7 Å². The lowest BCUT2D eigenvalue weighted by Gasteiger charge is -2.35. The summed E-state index contributed by atoms with van der Waals surface area (Å²) in [5.74, 6) is 1.46. The molecule has 35 heavy (non-hydrogen) atoms. The Hall–Kier alpha value is -3.14. The first-order valence-corrected chi connectivity index (χ1v) is 12.6. The third-order valence-corrected chi connectivity index (χ3v) is 7.13. The van der Waals surface area contributed by atoms with Gasteiger partial charge in [-0.15, -0.1) is 0 Å². The van der Waals surface area contributed by atoms with Gasteiger partial charge in [-0.2, -0.15) is 4.98 Å². The number of amides is 1. The van der Waals surface area contributed by atoms with Gasteiger partial charge in [0.25, 0.3) is 5.91 Å². The fourth-order valence-corrected chi connectivity index (χ4v) is 5.10. The monoisotopic (exact) mass is 528 g/mol. The van der Waals surface area contributed by atoms with Crippen LogP contribution in [0.1, 0.15) is 10.6 Å². The highest BCUT2D eigenvalue weighted by Gasteiger charge is 2.25. The summed E-state index contributed by atoms with van der Waals surface area (Å²) in [5, 5.41) is 2.25. The number of fused-ring (bicyclic) bond motifs is 1. The summed E-state index contributed by atoms with van der Waals surface area (Å²) in [5.41, 5.74) is 7.87. The molecule has 3 heterocycles.